The first kappa shape index (κ1) is 10.5. The van der Waals surface area contributed by atoms with Crippen molar-refractivity contribution < 1.29 is 9.29 Å². The molecule has 1 heterocycles. The van der Waals surface area contributed by atoms with Crippen LogP contribution in [0, 0.1) is 5.92 Å². The molecule has 0 aromatic heterocycles. The van der Waals surface area contributed by atoms with E-state index in [4.69, 9.17) is 4.74 Å². The highest BCUT2D eigenvalue weighted by molar-refractivity contribution is 7.95. The first-order chi connectivity index (χ1) is 6.66. The van der Waals surface area contributed by atoms with Gasteiger partial charge in [0.2, 0.25) is 0 Å². The summed E-state index contributed by atoms with van der Waals surface area (Å²) >= 11 is -0.806. The molecule has 0 aromatic carbocycles. The van der Waals surface area contributed by atoms with E-state index in [1.54, 1.807) is 0 Å². The summed E-state index contributed by atoms with van der Waals surface area (Å²) < 4.78 is 16.9. The molecule has 2 rings (SSSR count). The molecule has 14 heavy (non-hydrogen) atoms. The van der Waals surface area contributed by atoms with Crippen molar-refractivity contribution >= 4 is 11.2 Å². The Labute approximate surface area is 88.9 Å². The Morgan fingerprint density at radius 3 is 2.93 bits per heavy atom. The van der Waals surface area contributed by atoms with Crippen molar-refractivity contribution in [1.82, 2.24) is 0 Å². The standard InChI is InChI=1S/C11H18O2S/c1-8(2)14(12)6-5-9-3-4-10-11(7-9)13-10/h9-11H,1,3-7H2,2H3. The van der Waals surface area contributed by atoms with Crippen molar-refractivity contribution in [3.05, 3.63) is 11.5 Å². The summed E-state index contributed by atoms with van der Waals surface area (Å²) in [5.41, 5.74) is 0. The predicted octanol–water partition coefficient (Wildman–Crippen LogP) is 2.23. The van der Waals surface area contributed by atoms with Crippen LogP contribution < -0.4 is 0 Å². The van der Waals surface area contributed by atoms with Gasteiger partial charge in [-0.1, -0.05) is 0 Å². The normalized spacial score (nSPS) is 37.4. The number of allylic oxidation sites excluding steroid dienone is 1. The summed E-state index contributed by atoms with van der Waals surface area (Å²) in [5.74, 6) is 1.53. The Morgan fingerprint density at radius 2 is 2.29 bits per heavy atom. The number of hydrogen-bond donors (Lipinski definition) is 0. The number of epoxide rings is 1. The predicted molar refractivity (Wildman–Crippen MR) is 58.4 cm³/mol. The molecule has 0 aromatic rings. The highest BCUT2D eigenvalue weighted by Gasteiger charge is 2.43. The fourth-order valence-corrected chi connectivity index (χ4v) is 3.09. The van der Waals surface area contributed by atoms with E-state index >= 15 is 0 Å². The van der Waals surface area contributed by atoms with E-state index in [9.17, 15) is 4.55 Å². The van der Waals surface area contributed by atoms with Gasteiger partial charge in [0.15, 0.2) is 0 Å². The monoisotopic (exact) mass is 214 g/mol. The maximum absolute atomic E-state index is 11.5. The van der Waals surface area contributed by atoms with Gasteiger partial charge in [-0.25, -0.2) is 0 Å². The zero-order chi connectivity index (χ0) is 10.1. The highest BCUT2D eigenvalue weighted by atomic mass is 32.2. The fraction of sp³-hybridized carbons (Fsp3) is 0.818. The van der Waals surface area contributed by atoms with Crippen molar-refractivity contribution in [2.24, 2.45) is 5.92 Å². The first-order valence-corrected chi connectivity index (χ1v) is 6.68. The molecule has 2 aliphatic rings. The van der Waals surface area contributed by atoms with Gasteiger partial charge in [0, 0.05) is 6.92 Å². The number of ether oxygens (including phenoxy) is 1. The lowest BCUT2D eigenvalue weighted by atomic mass is 9.88. The van der Waals surface area contributed by atoms with Crippen molar-refractivity contribution in [2.75, 3.05) is 5.75 Å². The van der Waals surface area contributed by atoms with Crippen LogP contribution in [-0.4, -0.2) is 22.5 Å². The number of rotatable bonds is 4. The van der Waals surface area contributed by atoms with Crippen molar-refractivity contribution in [2.45, 2.75) is 44.8 Å². The zero-order valence-electron chi connectivity index (χ0n) is 8.70. The zero-order valence-corrected chi connectivity index (χ0v) is 9.52. The van der Waals surface area contributed by atoms with Crippen LogP contribution >= 0.6 is 0 Å². The smallest absolute Gasteiger partial charge is 0.119 e. The first-order valence-electron chi connectivity index (χ1n) is 5.36. The van der Waals surface area contributed by atoms with Crippen LogP contribution in [0.15, 0.2) is 11.5 Å². The van der Waals surface area contributed by atoms with E-state index in [1.807, 2.05) is 6.92 Å². The molecule has 0 amide bonds. The van der Waals surface area contributed by atoms with Gasteiger partial charge < -0.3 is 9.29 Å². The summed E-state index contributed by atoms with van der Waals surface area (Å²) in [6, 6.07) is 0. The van der Waals surface area contributed by atoms with Crippen LogP contribution in [0.25, 0.3) is 0 Å². The lowest BCUT2D eigenvalue weighted by molar-refractivity contribution is 0.357. The molecule has 4 atom stereocenters. The maximum Gasteiger partial charge on any atom is 0.119 e. The Bertz CT molecular complexity index is 229. The van der Waals surface area contributed by atoms with Crippen LogP contribution in [0.2, 0.25) is 0 Å². The van der Waals surface area contributed by atoms with E-state index in [-0.39, 0.29) is 0 Å². The molecule has 1 aliphatic heterocycles. The second kappa shape index (κ2) is 4.25. The van der Waals surface area contributed by atoms with E-state index in [0.717, 1.165) is 23.0 Å². The molecule has 0 spiro atoms. The van der Waals surface area contributed by atoms with E-state index < -0.39 is 11.2 Å². The molecular formula is C11H18O2S. The second-order valence-corrected chi connectivity index (χ2v) is 6.23. The van der Waals surface area contributed by atoms with Gasteiger partial charge in [0.05, 0.1) is 12.2 Å². The van der Waals surface area contributed by atoms with Crippen molar-refractivity contribution in [3.8, 4) is 0 Å². The Hall–Kier alpha value is 0.01000. The van der Waals surface area contributed by atoms with Crippen LogP contribution in [0.3, 0.4) is 0 Å². The van der Waals surface area contributed by atoms with Crippen LogP contribution in [0.1, 0.15) is 32.6 Å². The molecule has 1 saturated carbocycles. The van der Waals surface area contributed by atoms with Crippen LogP contribution in [0.5, 0.6) is 0 Å². The van der Waals surface area contributed by atoms with Gasteiger partial charge >= 0.3 is 0 Å². The Morgan fingerprint density at radius 1 is 1.50 bits per heavy atom. The summed E-state index contributed by atoms with van der Waals surface area (Å²) in [7, 11) is 0. The third-order valence-corrected chi connectivity index (χ3v) is 4.60. The molecule has 2 nitrogen and oxygen atoms in total. The van der Waals surface area contributed by atoms with Gasteiger partial charge in [-0.3, -0.25) is 0 Å². The summed E-state index contributed by atoms with van der Waals surface area (Å²) in [5, 5.41) is 0. The third kappa shape index (κ3) is 2.53. The molecule has 0 N–H and O–H groups in total. The Kier molecular flexibility index (Phi) is 3.20. The summed E-state index contributed by atoms with van der Waals surface area (Å²) in [6.07, 6.45) is 5.87. The van der Waals surface area contributed by atoms with Gasteiger partial charge in [-0.15, -0.1) is 0 Å². The lowest BCUT2D eigenvalue weighted by Gasteiger charge is -2.19. The van der Waals surface area contributed by atoms with Crippen LogP contribution in [0.4, 0.5) is 0 Å². The molecule has 2 fully saturated rings. The fourth-order valence-electron chi connectivity index (χ4n) is 2.20. The maximum atomic E-state index is 11.5. The molecule has 0 bridgehead atoms. The van der Waals surface area contributed by atoms with Crippen molar-refractivity contribution in [1.29, 1.82) is 0 Å². The molecule has 3 heteroatoms. The van der Waals surface area contributed by atoms with Gasteiger partial charge in [-0.2, -0.15) is 0 Å². The van der Waals surface area contributed by atoms with E-state index in [2.05, 4.69) is 6.58 Å². The molecule has 0 radical (unpaired) electrons. The lowest BCUT2D eigenvalue weighted by Crippen LogP contribution is -2.17. The quantitative estimate of drug-likeness (QED) is 0.531. The minimum absolute atomic E-state index is 0.548. The Balaban J connectivity index is 1.67. The summed E-state index contributed by atoms with van der Waals surface area (Å²) in [4.78, 5) is 0.807. The number of hydrogen-bond acceptors (Lipinski definition) is 2. The molecule has 1 aliphatic carbocycles. The summed E-state index contributed by atoms with van der Waals surface area (Å²) in [6.45, 7) is 5.56. The van der Waals surface area contributed by atoms with E-state index in [0.29, 0.717) is 12.2 Å². The van der Waals surface area contributed by atoms with Gasteiger partial charge in [0.25, 0.3) is 0 Å². The molecule has 1 saturated heterocycles. The SMILES string of the molecule is C=C(C)[S+]([O-])CCC1CCC2OC2C1. The van der Waals surface area contributed by atoms with E-state index in [1.165, 1.54) is 19.3 Å². The largest absolute Gasteiger partial charge is 0.612 e. The minimum atomic E-state index is -0.806. The average Bonchev–Trinajstić information content (AvgIpc) is 2.91. The molecule has 80 valence electrons. The van der Waals surface area contributed by atoms with Gasteiger partial charge in [0.1, 0.15) is 10.7 Å². The minimum Gasteiger partial charge on any atom is -0.612 e. The van der Waals surface area contributed by atoms with Crippen molar-refractivity contribution in [3.63, 3.8) is 0 Å². The topological polar surface area (TPSA) is 35.6 Å². The third-order valence-electron chi connectivity index (χ3n) is 3.21. The molecular weight excluding hydrogens is 196 g/mol. The van der Waals surface area contributed by atoms with Crippen LogP contribution in [-0.2, 0) is 15.9 Å². The average molecular weight is 214 g/mol. The second-order valence-electron chi connectivity index (χ2n) is 4.43. The highest BCUT2D eigenvalue weighted by Crippen LogP contribution is 2.40. The number of fused-ring (bicyclic) bond motifs is 1. The van der Waals surface area contributed by atoms with Gasteiger partial charge in [-0.05, 0) is 49.4 Å². The molecule has 4 unspecified atom stereocenters.